The lowest BCUT2D eigenvalue weighted by molar-refractivity contribution is 0.655. The van der Waals surface area contributed by atoms with Crippen molar-refractivity contribution >= 4 is 40.9 Å². The van der Waals surface area contributed by atoms with E-state index in [1.54, 1.807) is 6.21 Å². The van der Waals surface area contributed by atoms with E-state index in [1.165, 1.54) is 0 Å². The average Bonchev–Trinajstić information content (AvgIpc) is 2.28. The van der Waals surface area contributed by atoms with Crippen molar-refractivity contribution in [3.05, 3.63) is 35.4 Å². The van der Waals surface area contributed by atoms with Gasteiger partial charge in [-0.2, -0.15) is 5.10 Å². The van der Waals surface area contributed by atoms with E-state index in [-0.39, 0.29) is 10.2 Å². The molecule has 0 aliphatic carbocycles. The Morgan fingerprint density at radius 3 is 2.72 bits per heavy atom. The average molecular weight is 282 g/mol. The van der Waals surface area contributed by atoms with Crippen molar-refractivity contribution in [1.82, 2.24) is 16.3 Å². The molecule has 1 aromatic rings. The van der Waals surface area contributed by atoms with E-state index >= 15 is 0 Å². The normalized spacial score (nSPS) is 10.2. The maximum absolute atomic E-state index is 5.28. The second-order valence-corrected chi connectivity index (χ2v) is 4.20. The molecule has 1 rings (SSSR count). The molecule has 0 atom stereocenters. The van der Waals surface area contributed by atoms with Crippen LogP contribution >= 0.6 is 24.4 Å². The Labute approximate surface area is 116 Å². The molecule has 0 amide bonds. The van der Waals surface area contributed by atoms with E-state index in [4.69, 9.17) is 11.5 Å². The van der Waals surface area contributed by atoms with Crippen LogP contribution in [0, 0.1) is 0 Å². The summed E-state index contributed by atoms with van der Waals surface area (Å²) in [6.07, 6.45) is 1.63. The first-order valence-electron chi connectivity index (χ1n) is 5.03. The van der Waals surface area contributed by atoms with Gasteiger partial charge in [0.05, 0.1) is 6.21 Å². The summed E-state index contributed by atoms with van der Waals surface area (Å²) in [4.78, 5) is 0. The van der Waals surface area contributed by atoms with Crippen LogP contribution in [0.5, 0.6) is 0 Å². The summed E-state index contributed by atoms with van der Waals surface area (Å²) in [5.74, 6) is 0. The smallest absolute Gasteiger partial charge is 0.184 e. The van der Waals surface area contributed by atoms with Crippen molar-refractivity contribution in [2.75, 3.05) is 0 Å². The summed E-state index contributed by atoms with van der Waals surface area (Å²) >= 11 is 9.30. The second-order valence-electron chi connectivity index (χ2n) is 3.32. The Bertz CT molecular complexity index is 459. The summed E-state index contributed by atoms with van der Waals surface area (Å²) in [5, 5.41) is 4.20. The number of nitrogens with zero attached hydrogens (tertiary/aromatic N) is 1. The number of nitrogens with one attached hydrogen (secondary N) is 3. The SMILES string of the molecule is NC(=S)N/N=C/c1cccc(CNNC(N)=S)c1. The Balaban J connectivity index is 2.53. The minimum atomic E-state index is 0.129. The Hall–Kier alpha value is -1.77. The minimum absolute atomic E-state index is 0.129. The highest BCUT2D eigenvalue weighted by Gasteiger charge is 1.94. The van der Waals surface area contributed by atoms with Crippen molar-refractivity contribution in [1.29, 1.82) is 0 Å². The van der Waals surface area contributed by atoms with Gasteiger partial charge in [0.1, 0.15) is 0 Å². The highest BCUT2D eigenvalue weighted by atomic mass is 32.1. The molecule has 0 spiro atoms. The number of rotatable bonds is 5. The molecule has 0 aliphatic rings. The van der Waals surface area contributed by atoms with Gasteiger partial charge in [0.2, 0.25) is 0 Å². The fourth-order valence-electron chi connectivity index (χ4n) is 1.19. The first-order valence-corrected chi connectivity index (χ1v) is 5.85. The number of thiocarbonyl (C=S) groups is 2. The molecular formula is C10H14N6S2. The van der Waals surface area contributed by atoms with Gasteiger partial charge >= 0.3 is 0 Å². The summed E-state index contributed by atoms with van der Waals surface area (Å²) < 4.78 is 0. The maximum atomic E-state index is 5.28. The summed E-state index contributed by atoms with van der Waals surface area (Å²) in [6.45, 7) is 0.585. The quantitative estimate of drug-likeness (QED) is 0.287. The molecule has 1 aromatic carbocycles. The summed E-state index contributed by atoms with van der Waals surface area (Å²) in [5.41, 5.74) is 20.5. The number of hydrogen-bond acceptors (Lipinski definition) is 4. The van der Waals surface area contributed by atoms with Crippen LogP contribution in [0.15, 0.2) is 29.4 Å². The standard InChI is InChI=1S/C10H14N6S2/c11-9(17)15-13-5-7-2-1-3-8(4-7)6-14-16-10(12)18/h1-5,14H,6H2,(H3,11,15,17)(H3,12,16,18)/b13-5+. The van der Waals surface area contributed by atoms with E-state index in [9.17, 15) is 0 Å². The second kappa shape index (κ2) is 7.54. The molecule has 0 unspecified atom stereocenters. The van der Waals surface area contributed by atoms with Crippen LogP contribution < -0.4 is 27.7 Å². The van der Waals surface area contributed by atoms with Gasteiger partial charge < -0.3 is 11.5 Å². The van der Waals surface area contributed by atoms with Crippen molar-refractivity contribution in [2.24, 2.45) is 16.6 Å². The molecule has 0 heterocycles. The third kappa shape index (κ3) is 6.09. The van der Waals surface area contributed by atoms with E-state index in [0.29, 0.717) is 6.54 Å². The third-order valence-corrected chi connectivity index (χ3v) is 2.04. The van der Waals surface area contributed by atoms with Crippen LogP contribution in [-0.2, 0) is 6.54 Å². The molecule has 0 fully saturated rings. The van der Waals surface area contributed by atoms with Gasteiger partial charge in [-0.25, -0.2) is 5.43 Å². The van der Waals surface area contributed by atoms with Gasteiger partial charge in [-0.15, -0.1) is 0 Å². The van der Waals surface area contributed by atoms with Crippen LogP contribution in [0.1, 0.15) is 11.1 Å². The number of hydrazine groups is 1. The molecule has 0 radical (unpaired) electrons. The highest BCUT2D eigenvalue weighted by molar-refractivity contribution is 7.80. The summed E-state index contributed by atoms with van der Waals surface area (Å²) in [6, 6.07) is 7.75. The van der Waals surface area contributed by atoms with Gasteiger partial charge in [-0.05, 0) is 41.6 Å². The molecule has 8 heteroatoms. The van der Waals surface area contributed by atoms with Crippen molar-refractivity contribution < 1.29 is 0 Å². The third-order valence-electron chi connectivity index (χ3n) is 1.84. The molecule has 96 valence electrons. The molecule has 0 bridgehead atoms. The van der Waals surface area contributed by atoms with Gasteiger partial charge in [-0.3, -0.25) is 10.9 Å². The molecule has 18 heavy (non-hydrogen) atoms. The van der Waals surface area contributed by atoms with Crippen molar-refractivity contribution in [2.45, 2.75) is 6.54 Å². The lowest BCUT2D eigenvalue weighted by Crippen LogP contribution is -2.40. The Kier molecular flexibility index (Phi) is 5.98. The van der Waals surface area contributed by atoms with Crippen LogP contribution in [0.3, 0.4) is 0 Å². The number of hydrazone groups is 1. The topological polar surface area (TPSA) is 100 Å². The fourth-order valence-corrected chi connectivity index (χ4v) is 1.31. The number of hydrogen-bond donors (Lipinski definition) is 5. The molecular weight excluding hydrogens is 268 g/mol. The lowest BCUT2D eigenvalue weighted by atomic mass is 10.1. The molecule has 6 nitrogen and oxygen atoms in total. The van der Waals surface area contributed by atoms with Crippen LogP contribution in [-0.4, -0.2) is 16.4 Å². The number of benzene rings is 1. The predicted octanol–water partition coefficient (Wildman–Crippen LogP) is -0.309. The minimum Gasteiger partial charge on any atom is -0.375 e. The van der Waals surface area contributed by atoms with E-state index in [0.717, 1.165) is 11.1 Å². The van der Waals surface area contributed by atoms with Gasteiger partial charge in [-0.1, -0.05) is 18.2 Å². The first-order chi connectivity index (χ1) is 8.58. The van der Waals surface area contributed by atoms with Crippen LogP contribution in [0.25, 0.3) is 0 Å². The molecule has 7 N–H and O–H groups in total. The van der Waals surface area contributed by atoms with Gasteiger partial charge in [0, 0.05) is 6.54 Å². The van der Waals surface area contributed by atoms with E-state index < -0.39 is 0 Å². The molecule has 0 saturated carbocycles. The van der Waals surface area contributed by atoms with Crippen molar-refractivity contribution in [3.8, 4) is 0 Å². The molecule has 0 aliphatic heterocycles. The lowest BCUT2D eigenvalue weighted by Gasteiger charge is -2.06. The zero-order valence-electron chi connectivity index (χ0n) is 9.51. The van der Waals surface area contributed by atoms with Crippen LogP contribution in [0.2, 0.25) is 0 Å². The van der Waals surface area contributed by atoms with E-state index in [2.05, 4.69) is 45.8 Å². The Morgan fingerprint density at radius 2 is 2.06 bits per heavy atom. The van der Waals surface area contributed by atoms with E-state index in [1.807, 2.05) is 24.3 Å². The molecule has 0 saturated heterocycles. The van der Waals surface area contributed by atoms with Crippen molar-refractivity contribution in [3.63, 3.8) is 0 Å². The van der Waals surface area contributed by atoms with Gasteiger partial charge in [0.15, 0.2) is 10.2 Å². The zero-order valence-corrected chi connectivity index (χ0v) is 11.1. The number of nitrogens with two attached hydrogens (primary N) is 2. The molecule has 0 aromatic heterocycles. The maximum Gasteiger partial charge on any atom is 0.184 e. The van der Waals surface area contributed by atoms with Gasteiger partial charge in [0.25, 0.3) is 0 Å². The largest absolute Gasteiger partial charge is 0.375 e. The predicted molar refractivity (Wildman–Crippen MR) is 80.7 cm³/mol. The Morgan fingerprint density at radius 1 is 1.28 bits per heavy atom. The fraction of sp³-hybridized carbons (Fsp3) is 0.100. The highest BCUT2D eigenvalue weighted by Crippen LogP contribution is 2.02. The monoisotopic (exact) mass is 282 g/mol. The first kappa shape index (κ1) is 14.3. The summed E-state index contributed by atoms with van der Waals surface area (Å²) in [7, 11) is 0. The zero-order chi connectivity index (χ0) is 13.4. The van der Waals surface area contributed by atoms with Crippen LogP contribution in [0.4, 0.5) is 0 Å².